The second kappa shape index (κ2) is 16.9. The predicted octanol–water partition coefficient (Wildman–Crippen LogP) is 5.79. The fourth-order valence-corrected chi connectivity index (χ4v) is 8.69. The Bertz CT molecular complexity index is 2010. The van der Waals surface area contributed by atoms with Gasteiger partial charge in [0, 0.05) is 36.8 Å². The molecule has 1 saturated heterocycles. The lowest BCUT2D eigenvalue weighted by atomic mass is 9.90. The average Bonchev–Trinajstić information content (AvgIpc) is 4.02. The van der Waals surface area contributed by atoms with Crippen LogP contribution < -0.4 is 14.2 Å². The quantitative estimate of drug-likeness (QED) is 0.110. The summed E-state index contributed by atoms with van der Waals surface area (Å²) in [5, 5.41) is 0.864. The maximum Gasteiger partial charge on any atom is 0.307 e. The second-order valence-electron chi connectivity index (χ2n) is 16.9. The molecule has 14 heteroatoms. The van der Waals surface area contributed by atoms with Crippen molar-refractivity contribution in [3.05, 3.63) is 54.8 Å². The minimum atomic E-state index is -3.89. The Morgan fingerprint density at radius 3 is 2.43 bits per heavy atom. The molecular formula is C42H55N3O10S. The van der Waals surface area contributed by atoms with E-state index < -0.39 is 73.8 Å². The predicted molar refractivity (Wildman–Crippen MR) is 210 cm³/mol. The van der Waals surface area contributed by atoms with Gasteiger partial charge in [-0.05, 0) is 116 Å². The Labute approximate surface area is 329 Å². The van der Waals surface area contributed by atoms with Crippen LogP contribution in [0.15, 0.2) is 54.8 Å². The van der Waals surface area contributed by atoms with Gasteiger partial charge in [-0.1, -0.05) is 11.6 Å². The molecule has 5 rings (SSSR count). The minimum absolute atomic E-state index is 0.0149. The number of rotatable bonds is 18. The van der Waals surface area contributed by atoms with Gasteiger partial charge in [-0.15, -0.1) is 6.58 Å². The highest BCUT2D eigenvalue weighted by atomic mass is 32.2. The third-order valence-electron chi connectivity index (χ3n) is 10.2. The zero-order valence-electron chi connectivity index (χ0n) is 33.5. The van der Waals surface area contributed by atoms with Gasteiger partial charge >= 0.3 is 5.97 Å². The van der Waals surface area contributed by atoms with Crippen molar-refractivity contribution in [1.82, 2.24) is 14.6 Å². The lowest BCUT2D eigenvalue weighted by Crippen LogP contribution is -2.46. The van der Waals surface area contributed by atoms with Crippen LogP contribution in [0.5, 0.6) is 11.6 Å². The summed E-state index contributed by atoms with van der Waals surface area (Å²) in [6, 6.07) is 6.25. The molecular weight excluding hydrogens is 739 g/mol. The van der Waals surface area contributed by atoms with Crippen LogP contribution >= 0.6 is 0 Å². The lowest BCUT2D eigenvalue weighted by Gasteiger charge is -2.29. The molecule has 2 aliphatic carbocycles. The van der Waals surface area contributed by atoms with Crippen molar-refractivity contribution in [3.8, 4) is 11.6 Å². The molecule has 2 amide bonds. The van der Waals surface area contributed by atoms with Crippen molar-refractivity contribution in [3.63, 3.8) is 0 Å². The fourth-order valence-electron chi connectivity index (χ4n) is 7.31. The van der Waals surface area contributed by atoms with Gasteiger partial charge in [0.15, 0.2) is 11.6 Å². The highest BCUT2D eigenvalue weighted by molar-refractivity contribution is 7.90. The molecule has 0 spiro atoms. The van der Waals surface area contributed by atoms with E-state index in [0.29, 0.717) is 24.0 Å². The summed E-state index contributed by atoms with van der Waals surface area (Å²) >= 11 is 0. The second-order valence-corrected chi connectivity index (χ2v) is 18.8. The van der Waals surface area contributed by atoms with Gasteiger partial charge < -0.3 is 19.1 Å². The number of likely N-dealkylation sites (tertiary alicyclic amines) is 1. The number of amides is 2. The molecule has 3 fully saturated rings. The number of nitrogens with zero attached hydrogens (tertiary/aromatic N) is 2. The monoisotopic (exact) mass is 793 g/mol. The zero-order valence-corrected chi connectivity index (χ0v) is 34.3. The molecule has 0 radical (unpaired) electrons. The number of ether oxygens (including phenoxy) is 3. The number of allylic oxidation sites excluding steroid dienone is 3. The average molecular weight is 794 g/mol. The van der Waals surface area contributed by atoms with Crippen LogP contribution in [0.25, 0.3) is 10.8 Å². The van der Waals surface area contributed by atoms with E-state index in [9.17, 15) is 32.4 Å². The molecule has 2 heterocycles. The molecule has 2 saturated carbocycles. The summed E-state index contributed by atoms with van der Waals surface area (Å²) in [5.74, 6) is -3.05. The van der Waals surface area contributed by atoms with Crippen molar-refractivity contribution in [1.29, 1.82) is 0 Å². The van der Waals surface area contributed by atoms with E-state index in [1.54, 1.807) is 46.9 Å². The Morgan fingerprint density at radius 2 is 1.82 bits per heavy atom. The van der Waals surface area contributed by atoms with Crippen LogP contribution in [0.3, 0.4) is 0 Å². The van der Waals surface area contributed by atoms with Gasteiger partial charge in [0.25, 0.3) is 0 Å². The van der Waals surface area contributed by atoms with Gasteiger partial charge in [0.1, 0.15) is 17.5 Å². The van der Waals surface area contributed by atoms with E-state index in [4.69, 9.17) is 14.2 Å². The van der Waals surface area contributed by atoms with Gasteiger partial charge in [-0.25, -0.2) is 13.4 Å². The number of aromatic nitrogens is 1. The van der Waals surface area contributed by atoms with Crippen molar-refractivity contribution in [2.45, 2.75) is 129 Å². The lowest BCUT2D eigenvalue weighted by molar-refractivity contribution is -0.159. The number of pyridine rings is 1. The van der Waals surface area contributed by atoms with Gasteiger partial charge in [0.05, 0.1) is 35.8 Å². The molecule has 304 valence electrons. The minimum Gasteiger partial charge on any atom is -0.491 e. The fraction of sp³-hybridized carbons (Fsp3) is 0.571. The van der Waals surface area contributed by atoms with Crippen LogP contribution in [0.2, 0.25) is 0 Å². The third-order valence-corrected chi connectivity index (χ3v) is 12.0. The van der Waals surface area contributed by atoms with E-state index in [-0.39, 0.29) is 62.8 Å². The summed E-state index contributed by atoms with van der Waals surface area (Å²) in [5.41, 5.74) is -1.37. The van der Waals surface area contributed by atoms with Crippen molar-refractivity contribution in [2.75, 3.05) is 6.54 Å². The smallest absolute Gasteiger partial charge is 0.307 e. The largest absolute Gasteiger partial charge is 0.491 e. The third kappa shape index (κ3) is 10.6. The number of carbonyl (C=O) groups is 5. The SMILES string of the molecule is C=C[C@@H]1C[C@]1(CC(=O)[C@@H]1C[C@@H](Oc2nccc3cc(OC(C)C)ccc23)CN1C(=O)[C@H](CCC(=O)C=C(C)C)CC(=O)OC(C)(C)C)C(=O)NS(=O)(=O)C1CC1. The highest BCUT2D eigenvalue weighted by Crippen LogP contribution is 2.57. The number of esters is 1. The molecule has 3 aliphatic rings. The molecule has 1 aromatic heterocycles. The molecule has 0 unspecified atom stereocenters. The molecule has 0 bridgehead atoms. The van der Waals surface area contributed by atoms with Crippen molar-refractivity contribution >= 4 is 50.1 Å². The summed E-state index contributed by atoms with van der Waals surface area (Å²) in [6.45, 7) is 16.3. The number of hydrogen-bond acceptors (Lipinski definition) is 11. The van der Waals surface area contributed by atoms with Crippen molar-refractivity contribution < 1.29 is 46.6 Å². The first-order valence-corrected chi connectivity index (χ1v) is 20.9. The molecule has 1 N–H and O–H groups in total. The van der Waals surface area contributed by atoms with Gasteiger partial charge in [0.2, 0.25) is 27.7 Å². The number of fused-ring (bicyclic) bond motifs is 1. The first-order chi connectivity index (χ1) is 26.2. The van der Waals surface area contributed by atoms with Gasteiger partial charge in [-0.3, -0.25) is 28.7 Å². The number of sulfonamides is 1. The summed E-state index contributed by atoms with van der Waals surface area (Å²) in [4.78, 5) is 74.4. The Morgan fingerprint density at radius 1 is 1.11 bits per heavy atom. The van der Waals surface area contributed by atoms with Crippen LogP contribution in [0.4, 0.5) is 0 Å². The molecule has 13 nitrogen and oxygen atoms in total. The number of nitrogens with one attached hydrogen (secondary N) is 1. The molecule has 2 aromatic rings. The number of hydrogen-bond donors (Lipinski definition) is 1. The Hall–Kier alpha value is -4.59. The molecule has 1 aromatic carbocycles. The first kappa shape index (κ1) is 42.6. The van der Waals surface area contributed by atoms with E-state index >= 15 is 0 Å². The Balaban J connectivity index is 1.45. The number of carbonyl (C=O) groups excluding carboxylic acids is 5. The summed E-state index contributed by atoms with van der Waals surface area (Å²) < 4.78 is 45.6. The van der Waals surface area contributed by atoms with E-state index in [0.717, 1.165) is 11.0 Å². The molecule has 5 atom stereocenters. The molecule has 1 aliphatic heterocycles. The van der Waals surface area contributed by atoms with Crippen molar-refractivity contribution in [2.24, 2.45) is 17.3 Å². The van der Waals surface area contributed by atoms with E-state index in [1.165, 1.54) is 11.0 Å². The van der Waals surface area contributed by atoms with Crippen LogP contribution in [-0.2, 0) is 38.7 Å². The maximum absolute atomic E-state index is 14.6. The molecule has 56 heavy (non-hydrogen) atoms. The van der Waals surface area contributed by atoms with Crippen LogP contribution in [0, 0.1) is 17.3 Å². The van der Waals surface area contributed by atoms with E-state index in [1.807, 2.05) is 38.1 Å². The summed E-state index contributed by atoms with van der Waals surface area (Å²) in [6.07, 6.45) is 4.42. The first-order valence-electron chi connectivity index (χ1n) is 19.3. The number of ketones is 2. The Kier molecular flexibility index (Phi) is 12.8. The summed E-state index contributed by atoms with van der Waals surface area (Å²) in [7, 11) is -3.89. The zero-order chi connectivity index (χ0) is 41.2. The van der Waals surface area contributed by atoms with Crippen LogP contribution in [0.1, 0.15) is 99.8 Å². The van der Waals surface area contributed by atoms with Gasteiger partial charge in [-0.2, -0.15) is 0 Å². The van der Waals surface area contributed by atoms with Crippen LogP contribution in [-0.4, -0.2) is 83.3 Å². The number of Topliss-reactive ketones (excluding diaryl/α,β-unsaturated/α-hetero) is 1. The maximum atomic E-state index is 14.6. The standard InChI is InChI=1S/C42H55N3O10S/c1-9-29-22-42(29,40(50)44-56(51,52)33-13-14-33)23-36(47)35-21-32(54-38-34-15-12-31(53-26(4)5)19-27(34)16-17-43-38)24-45(35)39(49)28(10-11-30(46)18-25(2)3)20-37(48)55-41(6,7)8/h9,12,15-19,26,28-29,32-33,35H,1,10-11,13-14,20-24H2,2-8H3,(H,44,50)/t28-,29-,32-,35+,42-/m1/s1. The van der Waals surface area contributed by atoms with E-state index in [2.05, 4.69) is 16.3 Å². The topological polar surface area (TPSA) is 175 Å². The highest BCUT2D eigenvalue weighted by Gasteiger charge is 2.61. The number of benzene rings is 1. The normalized spacial score (nSPS) is 22.6.